The fourth-order valence-corrected chi connectivity index (χ4v) is 2.82. The predicted octanol–water partition coefficient (Wildman–Crippen LogP) is 4.76. The maximum Gasteiger partial charge on any atom is 0.311 e. The number of ether oxygens (including phenoxy) is 3. The van der Waals surface area contributed by atoms with Crippen molar-refractivity contribution < 1.29 is 19.0 Å². The number of hydrogen-bond acceptors (Lipinski definition) is 5. The Morgan fingerprint density at radius 1 is 0.821 bits per heavy atom. The fraction of sp³-hybridized carbons (Fsp3) is 0.304. The van der Waals surface area contributed by atoms with Crippen LogP contribution in [0.1, 0.15) is 38.3 Å². The molecule has 0 fully saturated rings. The monoisotopic (exact) mass is 379 g/mol. The van der Waals surface area contributed by atoms with Crippen LogP contribution in [0.4, 0.5) is 0 Å². The van der Waals surface area contributed by atoms with Crippen molar-refractivity contribution in [3.63, 3.8) is 0 Å². The average molecular weight is 379 g/mol. The van der Waals surface area contributed by atoms with Crippen molar-refractivity contribution in [2.45, 2.75) is 27.2 Å². The van der Waals surface area contributed by atoms with Crippen LogP contribution >= 0.6 is 0 Å². The second-order valence-corrected chi connectivity index (χ2v) is 5.86. The van der Waals surface area contributed by atoms with Crippen LogP contribution < -0.4 is 9.47 Å². The quantitative estimate of drug-likeness (QED) is 0.464. The summed E-state index contributed by atoms with van der Waals surface area (Å²) in [5.41, 5.74) is 2.70. The molecule has 0 aromatic heterocycles. The predicted molar refractivity (Wildman–Crippen MR) is 108 cm³/mol. The summed E-state index contributed by atoms with van der Waals surface area (Å²) in [6, 6.07) is 17.2. The van der Waals surface area contributed by atoms with Crippen LogP contribution in [0.25, 0.3) is 5.57 Å². The lowest BCUT2D eigenvalue weighted by Crippen LogP contribution is -2.06. The van der Waals surface area contributed by atoms with E-state index in [1.54, 1.807) is 6.92 Å². The van der Waals surface area contributed by atoms with Crippen molar-refractivity contribution in [1.82, 2.24) is 0 Å². The van der Waals surface area contributed by atoms with Crippen molar-refractivity contribution >= 4 is 11.5 Å². The first kappa shape index (κ1) is 21.0. The lowest BCUT2D eigenvalue weighted by Gasteiger charge is -2.13. The highest BCUT2D eigenvalue weighted by molar-refractivity contribution is 5.88. The molecule has 0 aliphatic rings. The van der Waals surface area contributed by atoms with Crippen LogP contribution in [0.2, 0.25) is 0 Å². The van der Waals surface area contributed by atoms with Crippen LogP contribution in [-0.2, 0) is 9.53 Å². The molecule has 0 bridgehead atoms. The third-order valence-corrected chi connectivity index (χ3v) is 3.97. The molecule has 5 nitrogen and oxygen atoms in total. The van der Waals surface area contributed by atoms with Gasteiger partial charge in [-0.15, -0.1) is 0 Å². The maximum absolute atomic E-state index is 12.0. The molecule has 0 spiro atoms. The van der Waals surface area contributed by atoms with Crippen LogP contribution in [0.15, 0.2) is 54.1 Å². The van der Waals surface area contributed by atoms with Crippen molar-refractivity contribution in [3.8, 4) is 17.6 Å². The number of hydrogen-bond donors (Lipinski definition) is 0. The van der Waals surface area contributed by atoms with Gasteiger partial charge < -0.3 is 14.2 Å². The number of carbonyl (C=O) groups is 1. The Kier molecular flexibility index (Phi) is 8.11. The van der Waals surface area contributed by atoms with E-state index < -0.39 is 5.97 Å². The largest absolute Gasteiger partial charge is 0.494 e. The summed E-state index contributed by atoms with van der Waals surface area (Å²) in [6.45, 7) is 7.02. The van der Waals surface area contributed by atoms with Crippen molar-refractivity contribution in [2.24, 2.45) is 0 Å². The summed E-state index contributed by atoms with van der Waals surface area (Å²) in [5.74, 6) is 1.08. The molecule has 0 saturated heterocycles. The van der Waals surface area contributed by atoms with Gasteiger partial charge in [-0.05, 0) is 56.2 Å². The Morgan fingerprint density at radius 3 is 1.64 bits per heavy atom. The minimum absolute atomic E-state index is 0.0832. The zero-order valence-corrected chi connectivity index (χ0v) is 16.5. The minimum atomic E-state index is -0.423. The fourth-order valence-electron chi connectivity index (χ4n) is 2.82. The topological polar surface area (TPSA) is 68.6 Å². The third-order valence-electron chi connectivity index (χ3n) is 3.97. The number of carbonyl (C=O) groups excluding carboxylic acids is 1. The van der Waals surface area contributed by atoms with E-state index in [2.05, 4.69) is 6.07 Å². The summed E-state index contributed by atoms with van der Waals surface area (Å²) < 4.78 is 16.0. The summed E-state index contributed by atoms with van der Waals surface area (Å²) in [5, 5.41) is 9.75. The molecule has 0 radical (unpaired) electrons. The maximum atomic E-state index is 12.0. The Labute approximate surface area is 166 Å². The Morgan fingerprint density at radius 2 is 1.29 bits per heavy atom. The van der Waals surface area contributed by atoms with Gasteiger partial charge in [0, 0.05) is 11.1 Å². The number of nitriles is 1. The van der Waals surface area contributed by atoms with E-state index in [-0.39, 0.29) is 13.0 Å². The van der Waals surface area contributed by atoms with Gasteiger partial charge in [-0.25, -0.2) is 0 Å². The lowest BCUT2D eigenvalue weighted by atomic mass is 9.92. The van der Waals surface area contributed by atoms with Gasteiger partial charge in [0.2, 0.25) is 0 Å². The van der Waals surface area contributed by atoms with Gasteiger partial charge in [0.1, 0.15) is 11.5 Å². The van der Waals surface area contributed by atoms with Gasteiger partial charge in [0.05, 0.1) is 32.3 Å². The van der Waals surface area contributed by atoms with Gasteiger partial charge in [-0.2, -0.15) is 5.26 Å². The van der Waals surface area contributed by atoms with E-state index >= 15 is 0 Å². The smallest absolute Gasteiger partial charge is 0.311 e. The highest BCUT2D eigenvalue weighted by Gasteiger charge is 2.16. The molecule has 2 aromatic carbocycles. The SMILES string of the molecule is CCOC(=O)CC(C#N)=C(c1ccc(OCC)cc1)c1ccc(OCC)cc1. The highest BCUT2D eigenvalue weighted by Crippen LogP contribution is 2.31. The molecular formula is C23H25NO4. The zero-order chi connectivity index (χ0) is 20.4. The van der Waals surface area contributed by atoms with E-state index in [0.29, 0.717) is 24.4 Å². The molecule has 0 atom stereocenters. The molecule has 2 rings (SSSR count). The second kappa shape index (κ2) is 10.8. The second-order valence-electron chi connectivity index (χ2n) is 5.86. The normalized spacial score (nSPS) is 9.93. The number of esters is 1. The molecule has 0 amide bonds. The van der Waals surface area contributed by atoms with E-state index in [1.807, 2.05) is 62.4 Å². The van der Waals surface area contributed by atoms with Crippen LogP contribution in [-0.4, -0.2) is 25.8 Å². The molecule has 0 saturated carbocycles. The highest BCUT2D eigenvalue weighted by atomic mass is 16.5. The zero-order valence-electron chi connectivity index (χ0n) is 16.5. The molecule has 0 N–H and O–H groups in total. The Hall–Kier alpha value is -3.26. The van der Waals surface area contributed by atoms with Gasteiger partial charge in [-0.3, -0.25) is 4.79 Å². The first-order valence-electron chi connectivity index (χ1n) is 9.38. The van der Waals surface area contributed by atoms with Crippen molar-refractivity contribution in [3.05, 3.63) is 65.2 Å². The molecule has 0 unspecified atom stereocenters. The van der Waals surface area contributed by atoms with Crippen LogP contribution in [0.5, 0.6) is 11.5 Å². The molecule has 5 heteroatoms. The van der Waals surface area contributed by atoms with Gasteiger partial charge >= 0.3 is 5.97 Å². The van der Waals surface area contributed by atoms with Gasteiger partial charge in [0.25, 0.3) is 0 Å². The Bertz CT molecular complexity index is 794. The summed E-state index contributed by atoms with van der Waals surface area (Å²) in [4.78, 5) is 12.0. The minimum Gasteiger partial charge on any atom is -0.494 e. The molecule has 0 aliphatic heterocycles. The average Bonchev–Trinajstić information content (AvgIpc) is 2.70. The number of benzene rings is 2. The van der Waals surface area contributed by atoms with Crippen LogP contribution in [0.3, 0.4) is 0 Å². The van der Waals surface area contributed by atoms with Gasteiger partial charge in [-0.1, -0.05) is 24.3 Å². The van der Waals surface area contributed by atoms with E-state index in [1.165, 1.54) is 0 Å². The third kappa shape index (κ3) is 5.62. The molecule has 28 heavy (non-hydrogen) atoms. The summed E-state index contributed by atoms with van der Waals surface area (Å²) in [7, 11) is 0. The summed E-state index contributed by atoms with van der Waals surface area (Å²) in [6.07, 6.45) is -0.0832. The molecular weight excluding hydrogens is 354 g/mol. The van der Waals surface area contributed by atoms with Crippen molar-refractivity contribution in [2.75, 3.05) is 19.8 Å². The van der Waals surface area contributed by atoms with Crippen molar-refractivity contribution in [1.29, 1.82) is 5.26 Å². The molecule has 146 valence electrons. The van der Waals surface area contributed by atoms with Gasteiger partial charge in [0.15, 0.2) is 0 Å². The Balaban J connectivity index is 2.51. The molecule has 0 aliphatic carbocycles. The van der Waals surface area contributed by atoms with E-state index in [0.717, 1.165) is 22.6 Å². The number of rotatable bonds is 9. The lowest BCUT2D eigenvalue weighted by molar-refractivity contribution is -0.142. The molecule has 0 heterocycles. The van der Waals surface area contributed by atoms with Crippen LogP contribution in [0, 0.1) is 11.3 Å². The number of nitrogens with zero attached hydrogens (tertiary/aromatic N) is 1. The first-order chi connectivity index (χ1) is 13.6. The first-order valence-corrected chi connectivity index (χ1v) is 9.38. The van der Waals surface area contributed by atoms with E-state index in [9.17, 15) is 10.1 Å². The summed E-state index contributed by atoms with van der Waals surface area (Å²) >= 11 is 0. The van der Waals surface area contributed by atoms with E-state index in [4.69, 9.17) is 14.2 Å². The molecule has 2 aromatic rings. The standard InChI is InChI=1S/C23H25NO4/c1-4-26-20-11-7-17(8-12-20)23(19(16-24)15-22(25)28-6-3)18-9-13-21(14-10-18)27-5-2/h7-14H,4-6,15H2,1-3H3.